The lowest BCUT2D eigenvalue weighted by Gasteiger charge is -2.39. The number of rotatable bonds is 6. The number of benzene rings is 1. The number of piperidine rings is 1. The Morgan fingerprint density at radius 3 is 2.67 bits per heavy atom. The summed E-state index contributed by atoms with van der Waals surface area (Å²) in [6.07, 6.45) is 7.18. The largest absolute Gasteiger partial charge is 0.431 e. The van der Waals surface area contributed by atoms with Crippen molar-refractivity contribution in [3.63, 3.8) is 0 Å². The van der Waals surface area contributed by atoms with Crippen LogP contribution in [0.15, 0.2) is 42.6 Å². The van der Waals surface area contributed by atoms with E-state index in [-0.39, 0.29) is 6.04 Å². The van der Waals surface area contributed by atoms with Crippen molar-refractivity contribution in [2.45, 2.75) is 50.2 Å². The van der Waals surface area contributed by atoms with Gasteiger partial charge in [-0.2, -0.15) is 4.98 Å². The van der Waals surface area contributed by atoms with Crippen LogP contribution in [0.5, 0.6) is 10.9 Å². The predicted octanol–water partition coefficient (Wildman–Crippen LogP) is 3.69. The number of thiazole rings is 1. The minimum atomic E-state index is -0.405. The number of fused-ring (bicyclic) bond motifs is 3. The number of nitrogens with two attached hydrogens (primary N) is 1. The molecule has 2 saturated heterocycles. The maximum Gasteiger partial charge on any atom is 0.312 e. The maximum absolute atomic E-state index is 11.2. The molecule has 0 aliphatic carbocycles. The molecule has 7 nitrogen and oxygen atoms in total. The second-order valence-electron chi connectivity index (χ2n) is 8.10. The molecular formula is C22H25N5O2S. The summed E-state index contributed by atoms with van der Waals surface area (Å²) in [6, 6.07) is 13.1. The Hall–Kier alpha value is -2.71. The number of amides is 2. The highest BCUT2D eigenvalue weighted by Crippen LogP contribution is 2.36. The lowest BCUT2D eigenvalue weighted by Crippen LogP contribution is -2.51. The lowest BCUT2D eigenvalue weighted by molar-refractivity contribution is 0.121. The molecule has 3 aromatic rings. The van der Waals surface area contributed by atoms with Gasteiger partial charge in [-0.25, -0.2) is 9.78 Å². The Labute approximate surface area is 179 Å². The highest BCUT2D eigenvalue weighted by atomic mass is 32.1. The second-order valence-corrected chi connectivity index (χ2v) is 9.09. The molecule has 0 radical (unpaired) electrons. The molecule has 0 spiro atoms. The van der Waals surface area contributed by atoms with Crippen molar-refractivity contribution in [3.8, 4) is 10.9 Å². The molecule has 3 atom stereocenters. The van der Waals surface area contributed by atoms with E-state index in [9.17, 15) is 4.79 Å². The van der Waals surface area contributed by atoms with E-state index in [1.165, 1.54) is 29.7 Å². The number of nitrogens with zero attached hydrogens (tertiary/aromatic N) is 3. The van der Waals surface area contributed by atoms with E-state index >= 15 is 0 Å². The van der Waals surface area contributed by atoms with Gasteiger partial charge in [-0.15, -0.1) is 0 Å². The number of carbonyl (C=O) groups is 1. The van der Waals surface area contributed by atoms with E-state index in [1.54, 1.807) is 6.20 Å². The third kappa shape index (κ3) is 4.11. The van der Waals surface area contributed by atoms with Crippen LogP contribution in [0.2, 0.25) is 0 Å². The van der Waals surface area contributed by atoms with Gasteiger partial charge >= 0.3 is 6.03 Å². The molecule has 30 heavy (non-hydrogen) atoms. The predicted molar refractivity (Wildman–Crippen MR) is 117 cm³/mol. The SMILES string of the molecule is NC(=O)NC1CC2CC[C@H](C1)N2CCc1ccc(Oc2nc3ncccc3s2)cc1. The molecule has 5 rings (SSSR count). The first kappa shape index (κ1) is 19.3. The number of hydrogen-bond donors (Lipinski definition) is 2. The zero-order valence-corrected chi connectivity index (χ0v) is 17.5. The summed E-state index contributed by atoms with van der Waals surface area (Å²) in [6.45, 7) is 1.04. The zero-order valence-electron chi connectivity index (χ0n) is 16.7. The second kappa shape index (κ2) is 8.20. The van der Waals surface area contributed by atoms with E-state index in [0.717, 1.165) is 41.9 Å². The van der Waals surface area contributed by atoms with Gasteiger partial charge in [0, 0.05) is 30.9 Å². The fraction of sp³-hybridized carbons (Fsp3) is 0.409. The highest BCUT2D eigenvalue weighted by Gasteiger charge is 2.40. The molecule has 2 aliphatic rings. The van der Waals surface area contributed by atoms with E-state index in [0.29, 0.717) is 17.3 Å². The van der Waals surface area contributed by atoms with Crippen molar-refractivity contribution in [1.82, 2.24) is 20.2 Å². The minimum absolute atomic E-state index is 0.227. The van der Waals surface area contributed by atoms with Gasteiger partial charge in [0.25, 0.3) is 5.19 Å². The average molecular weight is 424 g/mol. The quantitative estimate of drug-likeness (QED) is 0.631. The molecule has 1 aromatic carbocycles. The summed E-state index contributed by atoms with van der Waals surface area (Å²) in [5.74, 6) is 0.788. The molecule has 2 unspecified atom stereocenters. The summed E-state index contributed by atoms with van der Waals surface area (Å²) in [4.78, 5) is 22.5. The van der Waals surface area contributed by atoms with Crippen molar-refractivity contribution in [1.29, 1.82) is 0 Å². The Kier molecular flexibility index (Phi) is 5.26. The number of pyridine rings is 1. The third-order valence-electron chi connectivity index (χ3n) is 6.16. The first-order valence-corrected chi connectivity index (χ1v) is 11.3. The summed E-state index contributed by atoms with van der Waals surface area (Å²) in [5.41, 5.74) is 7.32. The maximum atomic E-state index is 11.2. The van der Waals surface area contributed by atoms with Gasteiger partial charge in [-0.1, -0.05) is 23.5 Å². The molecule has 0 saturated carbocycles. The highest BCUT2D eigenvalue weighted by molar-refractivity contribution is 7.20. The van der Waals surface area contributed by atoms with Crippen LogP contribution in [0.25, 0.3) is 10.3 Å². The molecule has 2 bridgehead atoms. The standard InChI is InChI=1S/C22H25N5O2S/c23-21(28)25-15-12-16-5-6-17(13-15)27(16)11-9-14-3-7-18(8-4-14)29-22-26-20-19(30-22)2-1-10-24-20/h1-4,7-8,10,15-17H,5-6,9,11-13H2,(H3,23,25,28)/t15?,16-,17?/m1/s1. The van der Waals surface area contributed by atoms with E-state index in [2.05, 4.69) is 32.3 Å². The van der Waals surface area contributed by atoms with Gasteiger partial charge < -0.3 is 15.8 Å². The van der Waals surface area contributed by atoms with Crippen molar-refractivity contribution < 1.29 is 9.53 Å². The van der Waals surface area contributed by atoms with E-state index in [4.69, 9.17) is 10.5 Å². The summed E-state index contributed by atoms with van der Waals surface area (Å²) >= 11 is 1.50. The monoisotopic (exact) mass is 423 g/mol. The molecule has 8 heteroatoms. The van der Waals surface area contributed by atoms with E-state index in [1.807, 2.05) is 24.3 Å². The molecular weight excluding hydrogens is 398 g/mol. The number of aromatic nitrogens is 2. The number of nitrogens with one attached hydrogen (secondary N) is 1. The normalized spacial score (nSPS) is 23.5. The fourth-order valence-electron chi connectivity index (χ4n) is 4.83. The Morgan fingerprint density at radius 1 is 1.20 bits per heavy atom. The third-order valence-corrected chi connectivity index (χ3v) is 7.05. The van der Waals surface area contributed by atoms with Crippen LogP contribution >= 0.6 is 11.3 Å². The van der Waals surface area contributed by atoms with Crippen LogP contribution in [0, 0.1) is 0 Å². The van der Waals surface area contributed by atoms with Crippen LogP contribution in [-0.4, -0.2) is 45.6 Å². The number of carbonyl (C=O) groups excluding carboxylic acids is 1. The van der Waals surface area contributed by atoms with Gasteiger partial charge in [-0.05, 0) is 61.9 Å². The van der Waals surface area contributed by atoms with Gasteiger partial charge in [-0.3, -0.25) is 4.90 Å². The smallest absolute Gasteiger partial charge is 0.312 e. The number of ether oxygens (including phenoxy) is 1. The van der Waals surface area contributed by atoms with Gasteiger partial charge in [0.15, 0.2) is 5.65 Å². The van der Waals surface area contributed by atoms with Gasteiger partial charge in [0.1, 0.15) is 5.75 Å². The first-order chi connectivity index (χ1) is 14.6. The van der Waals surface area contributed by atoms with Crippen LogP contribution < -0.4 is 15.8 Å². The van der Waals surface area contributed by atoms with Crippen molar-refractivity contribution in [2.75, 3.05) is 6.54 Å². The topological polar surface area (TPSA) is 93.4 Å². The molecule has 2 amide bonds. The van der Waals surface area contributed by atoms with Crippen LogP contribution in [0.4, 0.5) is 4.79 Å². The van der Waals surface area contributed by atoms with Crippen LogP contribution in [0.3, 0.4) is 0 Å². The van der Waals surface area contributed by atoms with Gasteiger partial charge in [0.2, 0.25) is 0 Å². The minimum Gasteiger partial charge on any atom is -0.431 e. The first-order valence-electron chi connectivity index (χ1n) is 10.4. The molecule has 4 heterocycles. The summed E-state index contributed by atoms with van der Waals surface area (Å²) in [5, 5.41) is 3.51. The van der Waals surface area contributed by atoms with E-state index < -0.39 is 6.03 Å². The number of primary amides is 1. The summed E-state index contributed by atoms with van der Waals surface area (Å²) in [7, 11) is 0. The molecule has 2 aromatic heterocycles. The molecule has 2 aliphatic heterocycles. The summed E-state index contributed by atoms with van der Waals surface area (Å²) < 4.78 is 6.93. The van der Waals surface area contributed by atoms with Crippen LogP contribution in [-0.2, 0) is 6.42 Å². The number of urea groups is 1. The molecule has 156 valence electrons. The Bertz CT molecular complexity index is 990. The Balaban J connectivity index is 1.16. The van der Waals surface area contributed by atoms with Crippen molar-refractivity contribution in [3.05, 3.63) is 48.2 Å². The van der Waals surface area contributed by atoms with Crippen LogP contribution in [0.1, 0.15) is 31.2 Å². The van der Waals surface area contributed by atoms with Crippen molar-refractivity contribution in [2.24, 2.45) is 5.73 Å². The van der Waals surface area contributed by atoms with Gasteiger partial charge in [0.05, 0.1) is 4.70 Å². The zero-order chi connectivity index (χ0) is 20.5. The number of hydrogen-bond acceptors (Lipinski definition) is 6. The fourth-order valence-corrected chi connectivity index (χ4v) is 5.63. The van der Waals surface area contributed by atoms with Crippen molar-refractivity contribution >= 4 is 27.7 Å². The average Bonchev–Trinajstić information content (AvgIpc) is 3.24. The molecule has 2 fully saturated rings. The lowest BCUT2D eigenvalue weighted by atomic mass is 9.96. The molecule has 3 N–H and O–H groups in total. The Morgan fingerprint density at radius 2 is 1.97 bits per heavy atom.